The molecule has 0 aromatic heterocycles. The maximum Gasteiger partial charge on any atom is 0.511 e. The largest absolute Gasteiger partial charge is 0.511 e. The molecule has 0 bridgehead atoms. The predicted octanol–water partition coefficient (Wildman–Crippen LogP) is 2.11. The van der Waals surface area contributed by atoms with Crippen LogP contribution in [-0.4, -0.2) is 45.6 Å². The second-order valence-corrected chi connectivity index (χ2v) is 7.39. The van der Waals surface area contributed by atoms with E-state index in [0.717, 1.165) is 0 Å². The molecule has 1 aromatic carbocycles. The van der Waals surface area contributed by atoms with Crippen LogP contribution in [0.5, 0.6) is 5.75 Å². The Hall–Kier alpha value is -1.65. The average Bonchev–Trinajstić information content (AvgIpc) is 2.53. The summed E-state index contributed by atoms with van der Waals surface area (Å²) in [6, 6.07) is 5.33. The number of hydrogen-bond acceptors (Lipinski definition) is 5. The van der Waals surface area contributed by atoms with E-state index >= 15 is 0 Å². The van der Waals surface area contributed by atoms with Crippen LogP contribution in [0.25, 0.3) is 0 Å². The molecule has 0 amide bonds. The molecule has 2 atom stereocenters. The number of Topliss-reactive ketones (excluding diaryl/α,β-unsaturated/α-hetero) is 1. The van der Waals surface area contributed by atoms with Crippen LogP contribution in [0.3, 0.4) is 0 Å². The van der Waals surface area contributed by atoms with Gasteiger partial charge in [-0.25, -0.2) is 13.1 Å². The first-order valence-electron chi connectivity index (χ1n) is 7.50. The summed E-state index contributed by atoms with van der Waals surface area (Å²) in [6.45, 7) is 1.64. The number of ether oxygens (including phenoxy) is 2. The Morgan fingerprint density at radius 1 is 1.32 bits per heavy atom. The molecule has 25 heavy (non-hydrogen) atoms. The predicted molar refractivity (Wildman–Crippen MR) is 82.8 cm³/mol. The number of benzene rings is 1. The zero-order valence-corrected chi connectivity index (χ0v) is 14.2. The van der Waals surface area contributed by atoms with Crippen LogP contribution in [0, 0.1) is 5.92 Å². The Kier molecular flexibility index (Phi) is 6.07. The molecular weight excluding hydrogens is 363 g/mol. The first kappa shape index (κ1) is 19.7. The van der Waals surface area contributed by atoms with Gasteiger partial charge in [-0.1, -0.05) is 0 Å². The smallest absolute Gasteiger partial charge is 0.493 e. The minimum absolute atomic E-state index is 0.0234. The fourth-order valence-corrected chi connectivity index (χ4v) is 3.21. The minimum Gasteiger partial charge on any atom is -0.493 e. The van der Waals surface area contributed by atoms with E-state index in [0.29, 0.717) is 11.3 Å². The first-order valence-corrected chi connectivity index (χ1v) is 8.98. The van der Waals surface area contributed by atoms with Crippen molar-refractivity contribution in [1.29, 1.82) is 0 Å². The van der Waals surface area contributed by atoms with Crippen molar-refractivity contribution in [3.8, 4) is 5.75 Å². The lowest BCUT2D eigenvalue weighted by atomic mass is 9.98. The van der Waals surface area contributed by atoms with Gasteiger partial charge >= 0.3 is 15.5 Å². The Morgan fingerprint density at radius 3 is 2.52 bits per heavy atom. The van der Waals surface area contributed by atoms with Crippen molar-refractivity contribution in [2.75, 3.05) is 19.8 Å². The second kappa shape index (κ2) is 7.71. The van der Waals surface area contributed by atoms with Crippen molar-refractivity contribution in [3.05, 3.63) is 29.8 Å². The Morgan fingerprint density at radius 2 is 1.96 bits per heavy atom. The van der Waals surface area contributed by atoms with Gasteiger partial charge in [0.05, 0.1) is 13.2 Å². The molecule has 1 aliphatic rings. The minimum atomic E-state index is -5.43. The summed E-state index contributed by atoms with van der Waals surface area (Å²) in [5.74, 6) is -0.250. The molecule has 1 fully saturated rings. The number of sulfonamides is 1. The van der Waals surface area contributed by atoms with E-state index in [4.69, 9.17) is 9.47 Å². The number of rotatable bonds is 6. The van der Waals surface area contributed by atoms with Gasteiger partial charge in [0.15, 0.2) is 5.78 Å². The summed E-state index contributed by atoms with van der Waals surface area (Å²) in [7, 11) is -5.43. The summed E-state index contributed by atoms with van der Waals surface area (Å²) < 4.78 is 72.6. The van der Waals surface area contributed by atoms with E-state index < -0.39 is 27.5 Å². The maximum atomic E-state index is 12.5. The molecule has 0 unspecified atom stereocenters. The summed E-state index contributed by atoms with van der Waals surface area (Å²) in [6.07, 6.45) is 0.118. The summed E-state index contributed by atoms with van der Waals surface area (Å²) in [4.78, 5) is 11.2. The molecular formula is C15H18F3NO5S. The number of carbonyl (C=O) groups excluding carboxylic acids is 1. The quantitative estimate of drug-likeness (QED) is 0.764. The number of ketones is 1. The van der Waals surface area contributed by atoms with Gasteiger partial charge in [-0.2, -0.15) is 13.2 Å². The molecule has 0 saturated carbocycles. The van der Waals surface area contributed by atoms with Gasteiger partial charge < -0.3 is 9.47 Å². The standard InChI is InChI=1S/C15H18F3NO5S/c1-10(20)11-2-4-13(5-3-11)24-9-12-8-23-7-6-14(12)19-25(21,22)15(16,17)18/h2-5,12,14,19H,6-9H2,1H3/t12-,14+/m1/s1. The average molecular weight is 381 g/mol. The van der Waals surface area contributed by atoms with E-state index in [9.17, 15) is 26.4 Å². The highest BCUT2D eigenvalue weighted by molar-refractivity contribution is 7.90. The van der Waals surface area contributed by atoms with Crippen molar-refractivity contribution in [3.63, 3.8) is 0 Å². The van der Waals surface area contributed by atoms with E-state index in [-0.39, 0.29) is 32.0 Å². The lowest BCUT2D eigenvalue weighted by Crippen LogP contribution is -2.50. The van der Waals surface area contributed by atoms with Crippen molar-refractivity contribution in [2.24, 2.45) is 5.92 Å². The topological polar surface area (TPSA) is 81.7 Å². The second-order valence-electron chi connectivity index (χ2n) is 5.69. The maximum absolute atomic E-state index is 12.5. The Labute approximate surface area is 143 Å². The lowest BCUT2D eigenvalue weighted by Gasteiger charge is -2.31. The van der Waals surface area contributed by atoms with Crippen molar-refractivity contribution < 1.29 is 35.9 Å². The van der Waals surface area contributed by atoms with Gasteiger partial charge in [0, 0.05) is 24.1 Å². The van der Waals surface area contributed by atoms with E-state index in [2.05, 4.69) is 0 Å². The molecule has 0 spiro atoms. The monoisotopic (exact) mass is 381 g/mol. The van der Waals surface area contributed by atoms with Gasteiger partial charge in [-0.3, -0.25) is 4.79 Å². The molecule has 1 aliphatic heterocycles. The van der Waals surface area contributed by atoms with Crippen LogP contribution < -0.4 is 9.46 Å². The molecule has 1 saturated heterocycles. The Bertz CT molecular complexity index is 703. The fraction of sp³-hybridized carbons (Fsp3) is 0.533. The number of alkyl halides is 3. The number of halogens is 3. The summed E-state index contributed by atoms with van der Waals surface area (Å²) in [5.41, 5.74) is -4.86. The molecule has 1 N–H and O–H groups in total. The highest BCUT2D eigenvalue weighted by atomic mass is 32.2. The molecule has 1 heterocycles. The third-order valence-electron chi connectivity index (χ3n) is 3.81. The van der Waals surface area contributed by atoms with Crippen LogP contribution in [-0.2, 0) is 14.8 Å². The van der Waals surface area contributed by atoms with Gasteiger partial charge in [-0.05, 0) is 37.6 Å². The third-order valence-corrected chi connectivity index (χ3v) is 5.03. The number of nitrogens with one attached hydrogen (secondary N) is 1. The molecule has 1 aromatic rings. The first-order chi connectivity index (χ1) is 11.6. The van der Waals surface area contributed by atoms with Crippen LogP contribution >= 0.6 is 0 Å². The van der Waals surface area contributed by atoms with E-state index in [1.807, 2.05) is 0 Å². The summed E-state index contributed by atoms with van der Waals surface area (Å²) in [5, 5.41) is 0. The molecule has 10 heteroatoms. The van der Waals surface area contributed by atoms with Gasteiger partial charge in [0.1, 0.15) is 5.75 Å². The molecule has 140 valence electrons. The van der Waals surface area contributed by atoms with Crippen molar-refractivity contribution in [1.82, 2.24) is 4.72 Å². The van der Waals surface area contributed by atoms with Crippen molar-refractivity contribution >= 4 is 15.8 Å². The lowest BCUT2D eigenvalue weighted by molar-refractivity contribution is -0.0467. The molecule has 2 rings (SSSR count). The van der Waals surface area contributed by atoms with Gasteiger partial charge in [0.2, 0.25) is 0 Å². The number of carbonyl (C=O) groups is 1. The van der Waals surface area contributed by atoms with Crippen LogP contribution in [0.15, 0.2) is 24.3 Å². The highest BCUT2D eigenvalue weighted by Gasteiger charge is 2.48. The van der Waals surface area contributed by atoms with Gasteiger partial charge in [-0.15, -0.1) is 0 Å². The third kappa shape index (κ3) is 5.16. The van der Waals surface area contributed by atoms with Crippen LogP contribution in [0.1, 0.15) is 23.7 Å². The van der Waals surface area contributed by atoms with Crippen LogP contribution in [0.2, 0.25) is 0 Å². The van der Waals surface area contributed by atoms with Crippen molar-refractivity contribution in [2.45, 2.75) is 24.9 Å². The van der Waals surface area contributed by atoms with E-state index in [1.165, 1.54) is 6.92 Å². The molecule has 6 nitrogen and oxygen atoms in total. The zero-order valence-electron chi connectivity index (χ0n) is 13.4. The normalized spacial score (nSPS) is 21.8. The molecule has 0 radical (unpaired) electrons. The fourth-order valence-electron chi connectivity index (χ4n) is 2.37. The van der Waals surface area contributed by atoms with Gasteiger partial charge in [0.25, 0.3) is 0 Å². The van der Waals surface area contributed by atoms with E-state index in [1.54, 1.807) is 29.0 Å². The zero-order chi connectivity index (χ0) is 18.7. The highest BCUT2D eigenvalue weighted by Crippen LogP contribution is 2.25. The Balaban J connectivity index is 2.00. The van der Waals surface area contributed by atoms with Crippen LogP contribution in [0.4, 0.5) is 13.2 Å². The SMILES string of the molecule is CC(=O)c1ccc(OC[C@H]2COCC[C@@H]2NS(=O)(=O)C(F)(F)F)cc1. The molecule has 0 aliphatic carbocycles. The number of hydrogen-bond donors (Lipinski definition) is 1. The summed E-state index contributed by atoms with van der Waals surface area (Å²) >= 11 is 0.